The van der Waals surface area contributed by atoms with Crippen LogP contribution in [0.25, 0.3) is 0 Å². The van der Waals surface area contributed by atoms with E-state index < -0.39 is 0 Å². The zero-order valence-corrected chi connectivity index (χ0v) is 12.3. The van der Waals surface area contributed by atoms with Crippen LogP contribution in [0.15, 0.2) is 22.7 Å². The van der Waals surface area contributed by atoms with E-state index in [0.717, 1.165) is 16.6 Å². The number of hydrogen-bond donors (Lipinski definition) is 0. The van der Waals surface area contributed by atoms with E-state index in [9.17, 15) is 4.79 Å². The smallest absolute Gasteiger partial charge is 0.146 e. The molecule has 0 bridgehead atoms. The predicted octanol–water partition coefficient (Wildman–Crippen LogP) is 3.46. The normalized spacial score (nSPS) is 24.1. The van der Waals surface area contributed by atoms with E-state index in [1.807, 2.05) is 13.0 Å². The zero-order valence-electron chi connectivity index (χ0n) is 9.90. The number of methoxy groups -OCH3 is 1. The van der Waals surface area contributed by atoms with Crippen molar-refractivity contribution in [2.45, 2.75) is 30.3 Å². The lowest BCUT2D eigenvalue weighted by Gasteiger charge is -2.10. The Hall–Kier alpha value is -0.480. The summed E-state index contributed by atoms with van der Waals surface area (Å²) in [5.74, 6) is 1.23. The summed E-state index contributed by atoms with van der Waals surface area (Å²) in [6.07, 6.45) is 1.65. The number of ether oxygens (including phenoxy) is 1. The monoisotopic (exact) mass is 314 g/mol. The Kier molecular flexibility index (Phi) is 4.15. The fraction of sp³-hybridized carbons (Fsp3) is 0.462. The first-order chi connectivity index (χ1) is 8.10. The second-order valence-electron chi connectivity index (χ2n) is 4.24. The molecule has 0 N–H and O–H groups in total. The maximum absolute atomic E-state index is 11.5. The van der Waals surface area contributed by atoms with Crippen LogP contribution in [0.5, 0.6) is 5.75 Å². The second kappa shape index (κ2) is 5.44. The van der Waals surface area contributed by atoms with Gasteiger partial charge in [0.2, 0.25) is 0 Å². The summed E-state index contributed by atoms with van der Waals surface area (Å²) < 4.78 is 6.17. The quantitative estimate of drug-likeness (QED) is 0.854. The van der Waals surface area contributed by atoms with Gasteiger partial charge in [-0.1, -0.05) is 6.07 Å². The van der Waals surface area contributed by atoms with Gasteiger partial charge in [-0.25, -0.2) is 0 Å². The summed E-state index contributed by atoms with van der Waals surface area (Å²) in [6, 6.07) is 6.11. The lowest BCUT2D eigenvalue weighted by Crippen LogP contribution is -2.05. The second-order valence-corrected chi connectivity index (χ2v) is 6.74. The van der Waals surface area contributed by atoms with Crippen molar-refractivity contribution in [2.24, 2.45) is 0 Å². The molecule has 92 valence electrons. The Morgan fingerprint density at radius 1 is 1.53 bits per heavy atom. The standard InChI is InChI=1S/C13H15BrO2S/c1-8-12(15)7-10(17-8)5-9-3-4-13(16-2)11(14)6-9/h3-4,6,8,10H,5,7H2,1-2H3. The van der Waals surface area contributed by atoms with Crippen LogP contribution in [0.1, 0.15) is 18.9 Å². The molecule has 1 aliphatic heterocycles. The highest BCUT2D eigenvalue weighted by molar-refractivity contribution is 9.10. The Balaban J connectivity index is 2.05. The average molecular weight is 315 g/mol. The van der Waals surface area contributed by atoms with E-state index in [1.165, 1.54) is 5.56 Å². The molecular weight excluding hydrogens is 300 g/mol. The Morgan fingerprint density at radius 3 is 2.82 bits per heavy atom. The first-order valence-electron chi connectivity index (χ1n) is 5.60. The maximum atomic E-state index is 11.5. The molecule has 2 unspecified atom stereocenters. The van der Waals surface area contributed by atoms with Gasteiger partial charge >= 0.3 is 0 Å². The molecule has 1 heterocycles. The van der Waals surface area contributed by atoms with E-state index >= 15 is 0 Å². The van der Waals surface area contributed by atoms with Gasteiger partial charge in [0.05, 0.1) is 16.8 Å². The molecule has 1 aliphatic rings. The molecule has 17 heavy (non-hydrogen) atoms. The Labute approximate surface area is 114 Å². The molecule has 2 rings (SSSR count). The minimum Gasteiger partial charge on any atom is -0.496 e. The minimum atomic E-state index is 0.168. The van der Waals surface area contributed by atoms with Gasteiger partial charge in [0, 0.05) is 11.7 Å². The number of carbonyl (C=O) groups is 1. The van der Waals surface area contributed by atoms with Crippen molar-refractivity contribution in [3.8, 4) is 5.75 Å². The van der Waals surface area contributed by atoms with Gasteiger partial charge in [-0.15, -0.1) is 11.8 Å². The molecule has 0 aliphatic carbocycles. The SMILES string of the molecule is COc1ccc(CC2CC(=O)C(C)S2)cc1Br. The molecule has 2 atom stereocenters. The highest BCUT2D eigenvalue weighted by Crippen LogP contribution is 2.34. The lowest BCUT2D eigenvalue weighted by molar-refractivity contribution is -0.117. The van der Waals surface area contributed by atoms with Crippen molar-refractivity contribution in [3.05, 3.63) is 28.2 Å². The molecule has 0 saturated carbocycles. The number of hydrogen-bond acceptors (Lipinski definition) is 3. The van der Waals surface area contributed by atoms with E-state index in [0.29, 0.717) is 17.5 Å². The van der Waals surface area contributed by atoms with Crippen molar-refractivity contribution < 1.29 is 9.53 Å². The van der Waals surface area contributed by atoms with E-state index in [4.69, 9.17) is 4.74 Å². The van der Waals surface area contributed by atoms with Crippen molar-refractivity contribution >= 4 is 33.5 Å². The van der Waals surface area contributed by atoms with Crippen molar-refractivity contribution in [1.82, 2.24) is 0 Å². The van der Waals surface area contributed by atoms with E-state index in [-0.39, 0.29) is 5.25 Å². The van der Waals surface area contributed by atoms with Crippen LogP contribution in [0.2, 0.25) is 0 Å². The van der Waals surface area contributed by atoms with Gasteiger partial charge in [-0.2, -0.15) is 0 Å². The highest BCUT2D eigenvalue weighted by Gasteiger charge is 2.29. The van der Waals surface area contributed by atoms with Gasteiger partial charge in [0.15, 0.2) is 0 Å². The number of halogens is 1. The number of benzene rings is 1. The number of thioether (sulfide) groups is 1. The average Bonchev–Trinajstić information content (AvgIpc) is 2.58. The van der Waals surface area contributed by atoms with Gasteiger partial charge in [0.25, 0.3) is 0 Å². The van der Waals surface area contributed by atoms with E-state index in [1.54, 1.807) is 18.9 Å². The fourth-order valence-electron chi connectivity index (χ4n) is 2.02. The molecular formula is C13H15BrO2S. The van der Waals surface area contributed by atoms with Crippen LogP contribution < -0.4 is 4.74 Å². The zero-order chi connectivity index (χ0) is 12.4. The number of Topliss-reactive ketones (excluding diaryl/α,β-unsaturated/α-hetero) is 1. The predicted molar refractivity (Wildman–Crippen MR) is 74.9 cm³/mol. The summed E-state index contributed by atoms with van der Waals surface area (Å²) in [7, 11) is 1.66. The summed E-state index contributed by atoms with van der Waals surface area (Å²) in [5, 5.41) is 0.597. The molecule has 2 nitrogen and oxygen atoms in total. The van der Waals surface area contributed by atoms with Crippen LogP contribution in [-0.2, 0) is 11.2 Å². The van der Waals surface area contributed by atoms with Crippen LogP contribution in [0, 0.1) is 0 Å². The molecule has 0 radical (unpaired) electrons. The van der Waals surface area contributed by atoms with E-state index in [2.05, 4.69) is 28.1 Å². The van der Waals surface area contributed by atoms with Crippen molar-refractivity contribution in [1.29, 1.82) is 0 Å². The Bertz CT molecular complexity index is 433. The third-order valence-electron chi connectivity index (χ3n) is 2.96. The number of carbonyl (C=O) groups excluding carboxylic acids is 1. The third-order valence-corrected chi connectivity index (χ3v) is 4.97. The van der Waals surface area contributed by atoms with Gasteiger partial charge in [0.1, 0.15) is 11.5 Å². The maximum Gasteiger partial charge on any atom is 0.146 e. The van der Waals surface area contributed by atoms with Crippen LogP contribution in [0.3, 0.4) is 0 Å². The summed E-state index contributed by atoms with van der Waals surface area (Å²) in [5.41, 5.74) is 1.25. The third kappa shape index (κ3) is 3.05. The molecule has 1 saturated heterocycles. The lowest BCUT2D eigenvalue weighted by atomic mass is 10.1. The molecule has 0 amide bonds. The molecule has 1 fully saturated rings. The van der Waals surface area contributed by atoms with Crippen LogP contribution in [-0.4, -0.2) is 23.4 Å². The first kappa shape index (κ1) is 13.0. The summed E-state index contributed by atoms with van der Waals surface area (Å²) >= 11 is 5.27. The number of ketones is 1. The molecule has 0 spiro atoms. The minimum absolute atomic E-state index is 0.168. The molecule has 0 aromatic heterocycles. The number of rotatable bonds is 3. The summed E-state index contributed by atoms with van der Waals surface area (Å²) in [6.45, 7) is 2.00. The molecule has 4 heteroatoms. The molecule has 1 aromatic rings. The fourth-order valence-corrected chi connectivity index (χ4v) is 3.99. The van der Waals surface area contributed by atoms with Crippen LogP contribution in [0.4, 0.5) is 0 Å². The van der Waals surface area contributed by atoms with Gasteiger partial charge in [-0.3, -0.25) is 4.79 Å². The largest absolute Gasteiger partial charge is 0.496 e. The summed E-state index contributed by atoms with van der Waals surface area (Å²) in [4.78, 5) is 11.5. The Morgan fingerprint density at radius 2 is 2.29 bits per heavy atom. The van der Waals surface area contributed by atoms with Gasteiger partial charge < -0.3 is 4.74 Å². The van der Waals surface area contributed by atoms with Crippen LogP contribution >= 0.6 is 27.7 Å². The van der Waals surface area contributed by atoms with Gasteiger partial charge in [-0.05, 0) is 47.0 Å². The van der Waals surface area contributed by atoms with Crippen molar-refractivity contribution in [2.75, 3.05) is 7.11 Å². The topological polar surface area (TPSA) is 26.3 Å². The molecule has 1 aromatic carbocycles. The highest BCUT2D eigenvalue weighted by atomic mass is 79.9. The first-order valence-corrected chi connectivity index (χ1v) is 7.34. The van der Waals surface area contributed by atoms with Crippen molar-refractivity contribution in [3.63, 3.8) is 0 Å².